The SMILES string of the molecule is C=CCC(C)(CC)C(F)(F)c1nc2n(n1)[C@H](c1ccccc1)C[C@@H]2F. The molecule has 0 aliphatic carbocycles. The van der Waals surface area contributed by atoms with Crippen LogP contribution in [0, 0.1) is 5.41 Å². The van der Waals surface area contributed by atoms with Gasteiger partial charge in [0.1, 0.15) is 0 Å². The molecule has 2 aromatic rings. The van der Waals surface area contributed by atoms with Crippen molar-refractivity contribution in [1.82, 2.24) is 14.8 Å². The minimum Gasteiger partial charge on any atom is -0.239 e. The summed E-state index contributed by atoms with van der Waals surface area (Å²) >= 11 is 0. The van der Waals surface area contributed by atoms with Crippen molar-refractivity contribution in [3.05, 3.63) is 60.2 Å². The fourth-order valence-electron chi connectivity index (χ4n) is 3.35. The topological polar surface area (TPSA) is 30.7 Å². The number of nitrogens with zero attached hydrogens (tertiary/aromatic N) is 3. The van der Waals surface area contributed by atoms with Gasteiger partial charge in [-0.05, 0) is 18.4 Å². The molecule has 3 nitrogen and oxygen atoms in total. The molecule has 0 fully saturated rings. The Hall–Kier alpha value is -2.11. The van der Waals surface area contributed by atoms with Crippen LogP contribution in [0.5, 0.6) is 0 Å². The minimum absolute atomic E-state index is 0.0133. The standard InChI is InChI=1S/C19H22F3N3/c1-4-11-18(3,5-2)19(21,22)17-23-16-14(20)12-15(25(16)24-17)13-9-7-6-8-10-13/h4,6-10,14-15H,1,5,11-12H2,2-3H3/t14-,15-,18?/m0/s1. The monoisotopic (exact) mass is 349 g/mol. The molecule has 2 heterocycles. The molecule has 3 atom stereocenters. The van der Waals surface area contributed by atoms with Crippen LogP contribution in [0.25, 0.3) is 0 Å². The van der Waals surface area contributed by atoms with Crippen LogP contribution < -0.4 is 0 Å². The third kappa shape index (κ3) is 2.77. The minimum atomic E-state index is -3.27. The van der Waals surface area contributed by atoms with E-state index in [0.717, 1.165) is 5.56 Å². The van der Waals surface area contributed by atoms with Gasteiger partial charge in [-0.2, -0.15) is 8.78 Å². The lowest BCUT2D eigenvalue weighted by Gasteiger charge is -2.34. The molecule has 1 aromatic carbocycles. The van der Waals surface area contributed by atoms with Crippen molar-refractivity contribution >= 4 is 0 Å². The van der Waals surface area contributed by atoms with E-state index in [4.69, 9.17) is 0 Å². The van der Waals surface area contributed by atoms with Crippen molar-refractivity contribution in [2.24, 2.45) is 5.41 Å². The molecule has 0 spiro atoms. The molecule has 0 saturated heterocycles. The van der Waals surface area contributed by atoms with E-state index < -0.39 is 29.4 Å². The number of benzene rings is 1. The number of hydrogen-bond donors (Lipinski definition) is 0. The van der Waals surface area contributed by atoms with Gasteiger partial charge in [-0.15, -0.1) is 11.7 Å². The van der Waals surface area contributed by atoms with E-state index in [-0.39, 0.29) is 25.1 Å². The van der Waals surface area contributed by atoms with E-state index in [1.165, 1.54) is 17.7 Å². The van der Waals surface area contributed by atoms with Crippen LogP contribution >= 0.6 is 0 Å². The zero-order valence-electron chi connectivity index (χ0n) is 14.4. The van der Waals surface area contributed by atoms with Crippen LogP contribution in [-0.4, -0.2) is 14.8 Å². The van der Waals surface area contributed by atoms with Gasteiger partial charge in [-0.1, -0.05) is 50.3 Å². The second kappa shape index (κ2) is 6.32. The summed E-state index contributed by atoms with van der Waals surface area (Å²) in [6.45, 7) is 6.76. The van der Waals surface area contributed by atoms with Gasteiger partial charge in [-0.25, -0.2) is 14.1 Å². The largest absolute Gasteiger partial charge is 0.313 e. The lowest BCUT2D eigenvalue weighted by Crippen LogP contribution is -2.37. The van der Waals surface area contributed by atoms with Crippen LogP contribution in [0.1, 0.15) is 62.5 Å². The fraction of sp³-hybridized carbons (Fsp3) is 0.474. The summed E-state index contributed by atoms with van der Waals surface area (Å²) in [4.78, 5) is 3.91. The average Bonchev–Trinajstić information content (AvgIpc) is 3.17. The Bertz CT molecular complexity index is 757. The molecule has 6 heteroatoms. The molecular formula is C19H22F3N3. The first-order chi connectivity index (χ1) is 11.8. The van der Waals surface area contributed by atoms with Crippen LogP contribution in [0.15, 0.2) is 43.0 Å². The second-order valence-electron chi connectivity index (χ2n) is 6.85. The van der Waals surface area contributed by atoms with Crippen molar-refractivity contribution in [3.8, 4) is 0 Å². The zero-order valence-corrected chi connectivity index (χ0v) is 14.4. The number of hydrogen-bond acceptors (Lipinski definition) is 2. The predicted molar refractivity (Wildman–Crippen MR) is 90.2 cm³/mol. The number of aromatic nitrogens is 3. The maximum atomic E-state index is 15.1. The van der Waals surface area contributed by atoms with Crippen molar-refractivity contribution in [2.45, 2.75) is 51.2 Å². The number of halogens is 3. The molecule has 0 radical (unpaired) electrons. The van der Waals surface area contributed by atoms with Gasteiger partial charge in [0.2, 0.25) is 5.82 Å². The average molecular weight is 349 g/mol. The molecule has 0 bridgehead atoms. The summed E-state index contributed by atoms with van der Waals surface area (Å²) in [5.41, 5.74) is -0.515. The number of fused-ring (bicyclic) bond motifs is 1. The number of rotatable bonds is 6. The van der Waals surface area contributed by atoms with E-state index in [2.05, 4.69) is 16.7 Å². The predicted octanol–water partition coefficient (Wildman–Crippen LogP) is 5.37. The van der Waals surface area contributed by atoms with Crippen molar-refractivity contribution in [2.75, 3.05) is 0 Å². The van der Waals surface area contributed by atoms with Gasteiger partial charge in [-0.3, -0.25) is 0 Å². The molecule has 134 valence electrons. The first kappa shape index (κ1) is 17.7. The molecule has 0 N–H and O–H groups in total. The third-order valence-electron chi connectivity index (χ3n) is 5.26. The van der Waals surface area contributed by atoms with Crippen LogP contribution in [0.3, 0.4) is 0 Å². The molecule has 0 saturated carbocycles. The summed E-state index contributed by atoms with van der Waals surface area (Å²) in [5, 5.41) is 4.05. The van der Waals surface area contributed by atoms with Gasteiger partial charge in [0.15, 0.2) is 12.0 Å². The number of allylic oxidation sites excluding steroid dienone is 1. The summed E-state index contributed by atoms with van der Waals surface area (Å²) < 4.78 is 45.9. The quantitative estimate of drug-likeness (QED) is 0.657. The Morgan fingerprint density at radius 3 is 2.60 bits per heavy atom. The Morgan fingerprint density at radius 2 is 2.00 bits per heavy atom. The van der Waals surface area contributed by atoms with Gasteiger partial charge in [0, 0.05) is 11.8 Å². The maximum Gasteiger partial charge on any atom is 0.313 e. The van der Waals surface area contributed by atoms with Crippen LogP contribution in [-0.2, 0) is 5.92 Å². The summed E-state index contributed by atoms with van der Waals surface area (Å²) in [5.74, 6) is -3.88. The highest BCUT2D eigenvalue weighted by Gasteiger charge is 2.53. The molecule has 1 unspecified atom stereocenters. The first-order valence-corrected chi connectivity index (χ1v) is 8.48. The number of alkyl halides is 3. The molecular weight excluding hydrogens is 327 g/mol. The highest BCUT2D eigenvalue weighted by atomic mass is 19.3. The summed E-state index contributed by atoms with van der Waals surface area (Å²) in [6, 6.07) is 8.82. The van der Waals surface area contributed by atoms with E-state index in [9.17, 15) is 4.39 Å². The molecule has 25 heavy (non-hydrogen) atoms. The molecule has 3 rings (SSSR count). The van der Waals surface area contributed by atoms with Crippen molar-refractivity contribution in [3.63, 3.8) is 0 Å². The van der Waals surface area contributed by atoms with Gasteiger partial charge < -0.3 is 0 Å². The Morgan fingerprint density at radius 1 is 1.32 bits per heavy atom. The summed E-state index contributed by atoms with van der Waals surface area (Å²) in [7, 11) is 0. The third-order valence-corrected chi connectivity index (χ3v) is 5.26. The van der Waals surface area contributed by atoms with Gasteiger partial charge >= 0.3 is 5.92 Å². The zero-order chi connectivity index (χ0) is 18.2. The summed E-state index contributed by atoms with van der Waals surface area (Å²) in [6.07, 6.45) is 0.613. The molecule has 1 aliphatic heterocycles. The highest BCUT2D eigenvalue weighted by Crippen LogP contribution is 2.50. The molecule has 1 aromatic heterocycles. The van der Waals surface area contributed by atoms with Crippen LogP contribution in [0.2, 0.25) is 0 Å². The highest BCUT2D eigenvalue weighted by molar-refractivity contribution is 5.24. The van der Waals surface area contributed by atoms with E-state index >= 15 is 8.78 Å². The van der Waals surface area contributed by atoms with Crippen molar-refractivity contribution < 1.29 is 13.2 Å². The second-order valence-corrected chi connectivity index (χ2v) is 6.85. The molecule has 0 amide bonds. The lowest BCUT2D eigenvalue weighted by molar-refractivity contribution is -0.130. The Labute approximate surface area is 145 Å². The molecule has 1 aliphatic rings. The Kier molecular flexibility index (Phi) is 4.47. The van der Waals surface area contributed by atoms with E-state index in [1.54, 1.807) is 6.92 Å². The normalized spacial score (nSPS) is 22.4. The maximum absolute atomic E-state index is 15.1. The van der Waals surface area contributed by atoms with Crippen molar-refractivity contribution in [1.29, 1.82) is 0 Å². The van der Waals surface area contributed by atoms with E-state index in [1.807, 2.05) is 30.3 Å². The van der Waals surface area contributed by atoms with Gasteiger partial charge in [0.05, 0.1) is 6.04 Å². The first-order valence-electron chi connectivity index (χ1n) is 8.48. The van der Waals surface area contributed by atoms with E-state index in [0.29, 0.717) is 0 Å². The van der Waals surface area contributed by atoms with Crippen LogP contribution in [0.4, 0.5) is 13.2 Å². The smallest absolute Gasteiger partial charge is 0.239 e. The fourth-order valence-corrected chi connectivity index (χ4v) is 3.35. The van der Waals surface area contributed by atoms with Gasteiger partial charge in [0.25, 0.3) is 0 Å². The lowest BCUT2D eigenvalue weighted by atomic mass is 9.77. The Balaban J connectivity index is 2.02.